The molecule has 0 unspecified atom stereocenters. The minimum absolute atomic E-state index is 0.112. The molecule has 1 aromatic heterocycles. The molecule has 0 radical (unpaired) electrons. The number of rotatable bonds is 7. The maximum Gasteiger partial charge on any atom is 0.185 e. The highest BCUT2D eigenvalue weighted by Crippen LogP contribution is 2.36. The number of nitrogens with zero attached hydrogens (tertiary/aromatic N) is 2. The molecule has 0 atom stereocenters. The minimum Gasteiger partial charge on any atom is -0.382 e. The van der Waals surface area contributed by atoms with Crippen molar-refractivity contribution < 1.29 is 8.42 Å². The maximum absolute atomic E-state index is 12.3. The predicted molar refractivity (Wildman–Crippen MR) is 81.6 cm³/mol. The minimum atomic E-state index is -3.34. The molecule has 0 aliphatic rings. The monoisotopic (exact) mass is 305 g/mol. The Hall–Kier alpha value is -0.820. The molecule has 0 amide bonds. The summed E-state index contributed by atoms with van der Waals surface area (Å²) in [7, 11) is -3.34. The molecule has 19 heavy (non-hydrogen) atoms. The molecule has 0 spiro atoms. The van der Waals surface area contributed by atoms with Gasteiger partial charge in [-0.1, -0.05) is 13.8 Å². The summed E-state index contributed by atoms with van der Waals surface area (Å²) in [5.41, 5.74) is 5.79. The fourth-order valence-electron chi connectivity index (χ4n) is 1.97. The van der Waals surface area contributed by atoms with Crippen molar-refractivity contribution in [2.75, 3.05) is 22.9 Å². The number of nitrogen functional groups attached to an aromatic ring is 1. The van der Waals surface area contributed by atoms with Gasteiger partial charge in [0.2, 0.25) is 0 Å². The van der Waals surface area contributed by atoms with Crippen LogP contribution in [0, 0.1) is 0 Å². The van der Waals surface area contributed by atoms with Gasteiger partial charge in [0.25, 0.3) is 0 Å². The number of hydrogen-bond acceptors (Lipinski definition) is 6. The van der Waals surface area contributed by atoms with E-state index in [2.05, 4.69) is 16.2 Å². The van der Waals surface area contributed by atoms with Gasteiger partial charge in [-0.2, -0.15) is 4.37 Å². The molecular formula is C12H23N3O2S2. The fourth-order valence-corrected chi connectivity index (χ4v) is 4.88. The average molecular weight is 305 g/mol. The number of aromatic nitrogens is 1. The fraction of sp³-hybridized carbons (Fsp3) is 0.750. The van der Waals surface area contributed by atoms with Crippen molar-refractivity contribution >= 4 is 32.2 Å². The van der Waals surface area contributed by atoms with Gasteiger partial charge in [-0.25, -0.2) is 8.42 Å². The summed E-state index contributed by atoms with van der Waals surface area (Å²) in [6, 6.07) is 0.218. The van der Waals surface area contributed by atoms with Crippen LogP contribution in [-0.2, 0) is 9.84 Å². The Balaban J connectivity index is 3.30. The molecule has 0 bridgehead atoms. The van der Waals surface area contributed by atoms with Gasteiger partial charge < -0.3 is 10.6 Å². The lowest BCUT2D eigenvalue weighted by atomic mass is 10.3. The van der Waals surface area contributed by atoms with E-state index in [1.165, 1.54) is 11.5 Å². The summed E-state index contributed by atoms with van der Waals surface area (Å²) >= 11 is 1.18. The van der Waals surface area contributed by atoms with Gasteiger partial charge in [-0.15, -0.1) is 0 Å². The quantitative estimate of drug-likeness (QED) is 0.837. The first-order chi connectivity index (χ1) is 8.85. The Morgan fingerprint density at radius 1 is 1.32 bits per heavy atom. The summed E-state index contributed by atoms with van der Waals surface area (Å²) in [6.07, 6.45) is 1.52. The molecule has 0 aliphatic heterocycles. The van der Waals surface area contributed by atoms with E-state index in [1.54, 1.807) is 0 Å². The van der Waals surface area contributed by atoms with Crippen LogP contribution in [0.4, 0.5) is 10.8 Å². The first kappa shape index (κ1) is 16.2. The molecule has 1 heterocycles. The van der Waals surface area contributed by atoms with Crippen LogP contribution in [0.3, 0.4) is 0 Å². The van der Waals surface area contributed by atoms with Crippen LogP contribution in [0.15, 0.2) is 4.90 Å². The largest absolute Gasteiger partial charge is 0.382 e. The van der Waals surface area contributed by atoms with Gasteiger partial charge >= 0.3 is 0 Å². The van der Waals surface area contributed by atoms with E-state index in [9.17, 15) is 8.42 Å². The summed E-state index contributed by atoms with van der Waals surface area (Å²) in [5, 5.41) is 0.683. The number of nitrogens with two attached hydrogens (primary N) is 1. The molecule has 0 saturated carbocycles. The normalized spacial score (nSPS) is 12.1. The van der Waals surface area contributed by atoms with Crippen LogP contribution in [0.2, 0.25) is 0 Å². The van der Waals surface area contributed by atoms with Gasteiger partial charge in [0.1, 0.15) is 9.90 Å². The molecule has 1 aromatic rings. The first-order valence-corrected chi connectivity index (χ1v) is 9.02. The summed E-state index contributed by atoms with van der Waals surface area (Å²) in [4.78, 5) is 2.29. The Morgan fingerprint density at radius 2 is 1.95 bits per heavy atom. The van der Waals surface area contributed by atoms with Crippen molar-refractivity contribution in [1.29, 1.82) is 0 Å². The molecule has 5 nitrogen and oxygen atoms in total. The molecule has 110 valence electrons. The van der Waals surface area contributed by atoms with Crippen LogP contribution >= 0.6 is 11.5 Å². The van der Waals surface area contributed by atoms with Gasteiger partial charge in [0, 0.05) is 12.6 Å². The van der Waals surface area contributed by atoms with Crippen molar-refractivity contribution in [3.8, 4) is 0 Å². The van der Waals surface area contributed by atoms with Crippen LogP contribution in [0.5, 0.6) is 0 Å². The second kappa shape index (κ2) is 6.56. The van der Waals surface area contributed by atoms with Crippen molar-refractivity contribution in [1.82, 2.24) is 4.37 Å². The molecule has 1 rings (SSSR count). The lowest BCUT2D eigenvalue weighted by Gasteiger charge is -2.27. The van der Waals surface area contributed by atoms with Gasteiger partial charge in [-0.05, 0) is 38.2 Å². The summed E-state index contributed by atoms with van der Waals surface area (Å²) in [6.45, 7) is 8.80. The Labute approximate surface area is 119 Å². The van der Waals surface area contributed by atoms with E-state index >= 15 is 0 Å². The summed E-state index contributed by atoms with van der Waals surface area (Å²) in [5.74, 6) is 0.246. The molecule has 0 aliphatic carbocycles. The third-order valence-corrected chi connectivity index (χ3v) is 5.79. The van der Waals surface area contributed by atoms with Crippen molar-refractivity contribution in [2.24, 2.45) is 0 Å². The highest BCUT2D eigenvalue weighted by molar-refractivity contribution is 7.91. The zero-order valence-electron chi connectivity index (χ0n) is 12.0. The first-order valence-electron chi connectivity index (χ1n) is 6.59. The van der Waals surface area contributed by atoms with Crippen molar-refractivity contribution in [2.45, 2.75) is 51.5 Å². The molecular weight excluding hydrogens is 282 g/mol. The SMILES string of the molecule is CCCN(c1snc(N)c1S(=O)(=O)CCC)C(C)C. The predicted octanol–water partition coefficient (Wildman–Crippen LogP) is 2.53. The third-order valence-electron chi connectivity index (χ3n) is 2.79. The molecule has 2 N–H and O–H groups in total. The van der Waals surface area contributed by atoms with E-state index in [1.807, 2.05) is 20.8 Å². The Morgan fingerprint density at radius 3 is 2.42 bits per heavy atom. The lowest BCUT2D eigenvalue weighted by Crippen LogP contribution is -2.32. The van der Waals surface area contributed by atoms with Crippen LogP contribution in [0.25, 0.3) is 0 Å². The van der Waals surface area contributed by atoms with Crippen LogP contribution in [-0.4, -0.2) is 31.1 Å². The average Bonchev–Trinajstić information content (AvgIpc) is 2.68. The molecule has 0 saturated heterocycles. The van der Waals surface area contributed by atoms with E-state index < -0.39 is 9.84 Å². The van der Waals surface area contributed by atoms with Crippen LogP contribution in [0.1, 0.15) is 40.5 Å². The topological polar surface area (TPSA) is 76.3 Å². The lowest BCUT2D eigenvalue weighted by molar-refractivity contribution is 0.593. The zero-order valence-corrected chi connectivity index (χ0v) is 13.6. The second-order valence-electron chi connectivity index (χ2n) is 4.81. The number of anilines is 2. The Kier molecular flexibility index (Phi) is 5.61. The smallest absolute Gasteiger partial charge is 0.185 e. The molecule has 7 heteroatoms. The molecule has 0 aromatic carbocycles. The zero-order chi connectivity index (χ0) is 14.6. The second-order valence-corrected chi connectivity index (χ2v) is 7.61. The standard InChI is InChI=1S/C12H23N3O2S2/c1-5-7-15(9(3)4)12-10(11(13)14-18-12)19(16,17)8-6-2/h9H,5-8H2,1-4H3,(H2,13,14). The number of sulfone groups is 1. The van der Waals surface area contributed by atoms with Gasteiger partial charge in [0.15, 0.2) is 15.7 Å². The highest BCUT2D eigenvalue weighted by atomic mass is 32.2. The van der Waals surface area contributed by atoms with E-state index in [4.69, 9.17) is 5.73 Å². The van der Waals surface area contributed by atoms with Crippen LogP contribution < -0.4 is 10.6 Å². The summed E-state index contributed by atoms with van der Waals surface area (Å²) < 4.78 is 28.7. The van der Waals surface area contributed by atoms with Crippen molar-refractivity contribution in [3.63, 3.8) is 0 Å². The highest BCUT2D eigenvalue weighted by Gasteiger charge is 2.28. The molecule has 0 fully saturated rings. The number of hydrogen-bond donors (Lipinski definition) is 1. The third kappa shape index (κ3) is 3.60. The Bertz CT molecular complexity index is 509. The van der Waals surface area contributed by atoms with E-state index in [0.717, 1.165) is 13.0 Å². The van der Waals surface area contributed by atoms with Gasteiger partial charge in [0.05, 0.1) is 5.75 Å². The maximum atomic E-state index is 12.3. The van der Waals surface area contributed by atoms with Gasteiger partial charge in [-0.3, -0.25) is 0 Å². The van der Waals surface area contributed by atoms with Crippen molar-refractivity contribution in [3.05, 3.63) is 0 Å². The van der Waals surface area contributed by atoms with E-state index in [0.29, 0.717) is 11.4 Å². The van der Waals surface area contributed by atoms with E-state index in [-0.39, 0.29) is 22.5 Å².